The number of aromatic amines is 1. The fourth-order valence-electron chi connectivity index (χ4n) is 2.34. The minimum absolute atomic E-state index is 0.208. The molecule has 4 heteroatoms. The molecule has 106 valence electrons. The lowest BCUT2D eigenvalue weighted by Crippen LogP contribution is -2.15. The molecule has 2 N–H and O–H groups in total. The molecular weight excluding hydrogens is 254 g/mol. The monoisotopic (exact) mass is 273 g/mol. The van der Waals surface area contributed by atoms with Crippen LogP contribution in [0, 0.1) is 0 Å². The molecule has 0 radical (unpaired) electrons. The Kier molecular flexibility index (Phi) is 4.56. The van der Waals surface area contributed by atoms with Crippen molar-refractivity contribution in [3.8, 4) is 0 Å². The number of benzene rings is 1. The van der Waals surface area contributed by atoms with Crippen LogP contribution < -0.4 is 5.43 Å². The summed E-state index contributed by atoms with van der Waals surface area (Å²) in [6.07, 6.45) is 6.87. The SMILES string of the molecule is CCCCCCc1ccc2[nH]cc(C(=O)O)c(=O)c2c1. The number of aromatic nitrogens is 1. The standard InChI is InChI=1S/C16H19NO3/c1-2-3-4-5-6-11-7-8-14-12(9-11)15(18)13(10-17-14)16(19)20/h7-10H,2-6H2,1H3,(H,17,18)(H,19,20). The van der Waals surface area contributed by atoms with E-state index >= 15 is 0 Å². The number of pyridine rings is 1. The average Bonchev–Trinajstić information content (AvgIpc) is 2.44. The maximum Gasteiger partial charge on any atom is 0.341 e. The smallest absolute Gasteiger partial charge is 0.341 e. The van der Waals surface area contributed by atoms with Crippen LogP contribution in [0.4, 0.5) is 0 Å². The second-order valence-corrected chi connectivity index (χ2v) is 5.03. The highest BCUT2D eigenvalue weighted by Crippen LogP contribution is 2.14. The van der Waals surface area contributed by atoms with E-state index in [0.29, 0.717) is 10.9 Å². The predicted molar refractivity (Wildman–Crippen MR) is 79.4 cm³/mol. The van der Waals surface area contributed by atoms with Crippen LogP contribution in [0.2, 0.25) is 0 Å². The zero-order valence-corrected chi connectivity index (χ0v) is 11.6. The molecule has 0 amide bonds. The molecule has 0 bridgehead atoms. The summed E-state index contributed by atoms with van der Waals surface area (Å²) in [7, 11) is 0. The second kappa shape index (κ2) is 6.37. The summed E-state index contributed by atoms with van der Waals surface area (Å²) in [6.45, 7) is 2.17. The van der Waals surface area contributed by atoms with Crippen LogP contribution in [-0.4, -0.2) is 16.1 Å². The number of rotatable bonds is 6. The highest BCUT2D eigenvalue weighted by molar-refractivity contribution is 5.92. The third-order valence-corrected chi connectivity index (χ3v) is 3.49. The third kappa shape index (κ3) is 3.07. The molecule has 0 atom stereocenters. The van der Waals surface area contributed by atoms with Crippen molar-refractivity contribution in [1.29, 1.82) is 0 Å². The highest BCUT2D eigenvalue weighted by atomic mass is 16.4. The van der Waals surface area contributed by atoms with Crippen molar-refractivity contribution in [2.75, 3.05) is 0 Å². The third-order valence-electron chi connectivity index (χ3n) is 3.49. The molecule has 1 aromatic carbocycles. The molecule has 0 aliphatic carbocycles. The average molecular weight is 273 g/mol. The number of unbranched alkanes of at least 4 members (excludes halogenated alkanes) is 3. The van der Waals surface area contributed by atoms with Crippen molar-refractivity contribution in [3.63, 3.8) is 0 Å². The number of hydrogen-bond acceptors (Lipinski definition) is 2. The van der Waals surface area contributed by atoms with Crippen LogP contribution in [0.25, 0.3) is 10.9 Å². The van der Waals surface area contributed by atoms with E-state index in [9.17, 15) is 9.59 Å². The number of carboxylic acid groups (broad SMARTS) is 1. The maximum atomic E-state index is 12.1. The Morgan fingerprint density at radius 2 is 2.05 bits per heavy atom. The van der Waals surface area contributed by atoms with Crippen molar-refractivity contribution in [1.82, 2.24) is 4.98 Å². The number of H-pyrrole nitrogens is 1. The van der Waals surface area contributed by atoms with Crippen LogP contribution in [-0.2, 0) is 6.42 Å². The Morgan fingerprint density at radius 3 is 2.75 bits per heavy atom. The van der Waals surface area contributed by atoms with Gasteiger partial charge >= 0.3 is 5.97 Å². The molecule has 20 heavy (non-hydrogen) atoms. The zero-order valence-electron chi connectivity index (χ0n) is 11.6. The lowest BCUT2D eigenvalue weighted by Gasteiger charge is -2.04. The second-order valence-electron chi connectivity index (χ2n) is 5.03. The Balaban J connectivity index is 2.30. The molecule has 0 saturated carbocycles. The lowest BCUT2D eigenvalue weighted by atomic mass is 10.0. The van der Waals surface area contributed by atoms with Crippen LogP contribution in [0.5, 0.6) is 0 Å². The van der Waals surface area contributed by atoms with Crippen LogP contribution in [0.15, 0.2) is 29.2 Å². The van der Waals surface area contributed by atoms with Crippen LogP contribution in [0.1, 0.15) is 48.5 Å². The van der Waals surface area contributed by atoms with Crippen molar-refractivity contribution < 1.29 is 9.90 Å². The van der Waals surface area contributed by atoms with Crippen molar-refractivity contribution >= 4 is 16.9 Å². The molecule has 0 spiro atoms. The van der Waals surface area contributed by atoms with Gasteiger partial charge < -0.3 is 10.1 Å². The predicted octanol–water partition coefficient (Wildman–Crippen LogP) is 3.35. The summed E-state index contributed by atoms with van der Waals surface area (Å²) < 4.78 is 0. The number of fused-ring (bicyclic) bond motifs is 1. The molecule has 0 fully saturated rings. The van der Waals surface area contributed by atoms with Gasteiger partial charge in [-0.15, -0.1) is 0 Å². The van der Waals surface area contributed by atoms with E-state index in [1.165, 1.54) is 25.5 Å². The largest absolute Gasteiger partial charge is 0.477 e. The van der Waals surface area contributed by atoms with E-state index in [2.05, 4.69) is 11.9 Å². The van der Waals surface area contributed by atoms with Crippen LogP contribution in [0.3, 0.4) is 0 Å². The minimum atomic E-state index is -1.19. The van der Waals surface area contributed by atoms with Gasteiger partial charge in [-0.05, 0) is 30.5 Å². The van der Waals surface area contributed by atoms with Gasteiger partial charge in [0.25, 0.3) is 0 Å². The molecule has 4 nitrogen and oxygen atoms in total. The van der Waals surface area contributed by atoms with Crippen LogP contribution >= 0.6 is 0 Å². The molecule has 0 saturated heterocycles. The van der Waals surface area contributed by atoms with E-state index in [1.807, 2.05) is 18.2 Å². The molecule has 1 heterocycles. The van der Waals surface area contributed by atoms with E-state index in [1.54, 1.807) is 0 Å². The molecular formula is C16H19NO3. The molecule has 0 aliphatic heterocycles. The number of aryl methyl sites for hydroxylation is 1. The Bertz CT molecular complexity index is 673. The Hall–Kier alpha value is -2.10. The number of carbonyl (C=O) groups is 1. The summed E-state index contributed by atoms with van der Waals surface area (Å²) in [5, 5.41) is 9.43. The summed E-state index contributed by atoms with van der Waals surface area (Å²) in [5.74, 6) is -1.19. The van der Waals surface area contributed by atoms with E-state index < -0.39 is 11.4 Å². The molecule has 2 rings (SSSR count). The van der Waals surface area contributed by atoms with Gasteiger partial charge in [0.15, 0.2) is 0 Å². The minimum Gasteiger partial charge on any atom is -0.477 e. The molecule has 2 aromatic rings. The number of aromatic carboxylic acids is 1. The van der Waals surface area contributed by atoms with E-state index in [-0.39, 0.29) is 5.56 Å². The van der Waals surface area contributed by atoms with Crippen molar-refractivity contribution in [2.24, 2.45) is 0 Å². The highest BCUT2D eigenvalue weighted by Gasteiger charge is 2.11. The number of hydrogen-bond donors (Lipinski definition) is 2. The maximum absolute atomic E-state index is 12.1. The van der Waals surface area contributed by atoms with E-state index in [0.717, 1.165) is 18.4 Å². The van der Waals surface area contributed by atoms with Gasteiger partial charge in [-0.25, -0.2) is 4.79 Å². The number of nitrogens with one attached hydrogen (secondary N) is 1. The first kappa shape index (κ1) is 14.3. The van der Waals surface area contributed by atoms with Gasteiger partial charge in [0.05, 0.1) is 0 Å². The molecule has 0 unspecified atom stereocenters. The topological polar surface area (TPSA) is 70.2 Å². The first-order chi connectivity index (χ1) is 9.63. The van der Waals surface area contributed by atoms with Gasteiger partial charge in [-0.2, -0.15) is 0 Å². The first-order valence-electron chi connectivity index (χ1n) is 7.01. The van der Waals surface area contributed by atoms with Crippen molar-refractivity contribution in [2.45, 2.75) is 39.0 Å². The van der Waals surface area contributed by atoms with Gasteiger partial charge in [0.2, 0.25) is 5.43 Å². The summed E-state index contributed by atoms with van der Waals surface area (Å²) in [6, 6.07) is 5.65. The van der Waals surface area contributed by atoms with E-state index in [4.69, 9.17) is 5.11 Å². The summed E-state index contributed by atoms with van der Waals surface area (Å²) >= 11 is 0. The Morgan fingerprint density at radius 1 is 1.25 bits per heavy atom. The number of carboxylic acids is 1. The summed E-state index contributed by atoms with van der Waals surface area (Å²) in [4.78, 5) is 25.9. The molecule has 1 aromatic heterocycles. The molecule has 0 aliphatic rings. The van der Waals surface area contributed by atoms with Gasteiger partial charge in [-0.1, -0.05) is 32.3 Å². The Labute approximate surface area is 117 Å². The fraction of sp³-hybridized carbons (Fsp3) is 0.375. The lowest BCUT2D eigenvalue weighted by molar-refractivity contribution is 0.0695. The van der Waals surface area contributed by atoms with Gasteiger partial charge in [0, 0.05) is 17.1 Å². The first-order valence-corrected chi connectivity index (χ1v) is 7.01. The quantitative estimate of drug-likeness (QED) is 0.793. The summed E-state index contributed by atoms with van der Waals surface area (Å²) in [5.41, 5.74) is 1.14. The van der Waals surface area contributed by atoms with Gasteiger partial charge in [0.1, 0.15) is 5.56 Å². The fourth-order valence-corrected chi connectivity index (χ4v) is 2.34. The van der Waals surface area contributed by atoms with Crippen molar-refractivity contribution in [3.05, 3.63) is 45.7 Å². The normalized spacial score (nSPS) is 10.8. The zero-order chi connectivity index (χ0) is 14.5. The van der Waals surface area contributed by atoms with Gasteiger partial charge in [-0.3, -0.25) is 4.79 Å².